The third-order valence-corrected chi connectivity index (χ3v) is 5.47. The lowest BCUT2D eigenvalue weighted by atomic mass is 9.87. The Labute approximate surface area is 192 Å². The molecule has 174 valence electrons. The zero-order valence-electron chi connectivity index (χ0n) is 19.4. The van der Waals surface area contributed by atoms with Gasteiger partial charge in [0.2, 0.25) is 5.91 Å². The van der Waals surface area contributed by atoms with Gasteiger partial charge in [0.05, 0.1) is 18.2 Å². The second kappa shape index (κ2) is 9.25. The van der Waals surface area contributed by atoms with E-state index in [1.807, 2.05) is 19.9 Å². The predicted molar refractivity (Wildman–Crippen MR) is 125 cm³/mol. The van der Waals surface area contributed by atoms with Crippen LogP contribution in [0.1, 0.15) is 54.4 Å². The molecule has 1 heterocycles. The number of alkyl halides is 3. The molecule has 0 unspecified atom stereocenters. The van der Waals surface area contributed by atoms with Crippen molar-refractivity contribution in [3.8, 4) is 5.69 Å². The van der Waals surface area contributed by atoms with Crippen molar-refractivity contribution in [2.45, 2.75) is 52.6 Å². The van der Waals surface area contributed by atoms with Crippen molar-refractivity contribution in [3.05, 3.63) is 88.2 Å². The van der Waals surface area contributed by atoms with Gasteiger partial charge in [0.25, 0.3) is 0 Å². The van der Waals surface area contributed by atoms with Crippen molar-refractivity contribution in [2.75, 3.05) is 0 Å². The number of hydrogen-bond acceptors (Lipinski definition) is 2. The first-order chi connectivity index (χ1) is 15.4. The maximum Gasteiger partial charge on any atom is 0.416 e. The van der Waals surface area contributed by atoms with E-state index in [0.717, 1.165) is 34.8 Å². The summed E-state index contributed by atoms with van der Waals surface area (Å²) < 4.78 is 40.6. The Morgan fingerprint density at radius 1 is 1.00 bits per heavy atom. The molecule has 3 aromatic rings. The van der Waals surface area contributed by atoms with Crippen LogP contribution in [-0.4, -0.2) is 16.7 Å². The molecule has 1 aromatic heterocycles. The number of rotatable bonds is 5. The van der Waals surface area contributed by atoms with E-state index in [1.165, 1.54) is 17.7 Å². The van der Waals surface area contributed by atoms with E-state index >= 15 is 0 Å². The molecule has 0 atom stereocenters. The van der Waals surface area contributed by atoms with Crippen molar-refractivity contribution in [1.82, 2.24) is 9.99 Å². The molecule has 0 aliphatic carbocycles. The number of aryl methyl sites for hydroxylation is 1. The van der Waals surface area contributed by atoms with Crippen molar-refractivity contribution in [3.63, 3.8) is 0 Å². The average Bonchev–Trinajstić information content (AvgIpc) is 3.00. The Bertz CT molecular complexity index is 1170. The first-order valence-corrected chi connectivity index (χ1v) is 10.6. The summed E-state index contributed by atoms with van der Waals surface area (Å²) in [6, 6.07) is 15.1. The number of benzene rings is 2. The third kappa shape index (κ3) is 5.92. The highest BCUT2D eigenvalue weighted by Crippen LogP contribution is 2.29. The summed E-state index contributed by atoms with van der Waals surface area (Å²) in [5, 5.41) is 4.00. The molecular weight excluding hydrogens is 427 g/mol. The number of halogens is 3. The highest BCUT2D eigenvalue weighted by Gasteiger charge is 2.30. The Hall–Kier alpha value is -3.35. The number of hydrazone groups is 1. The van der Waals surface area contributed by atoms with Crippen molar-refractivity contribution < 1.29 is 18.0 Å². The normalized spacial score (nSPS) is 12.4. The van der Waals surface area contributed by atoms with Crippen LogP contribution >= 0.6 is 0 Å². The molecule has 3 rings (SSSR count). The fourth-order valence-corrected chi connectivity index (χ4v) is 3.68. The summed E-state index contributed by atoms with van der Waals surface area (Å²) in [5.41, 5.74) is 7.07. The van der Waals surface area contributed by atoms with E-state index < -0.39 is 17.6 Å². The van der Waals surface area contributed by atoms with Gasteiger partial charge in [-0.1, -0.05) is 51.1 Å². The van der Waals surface area contributed by atoms with Gasteiger partial charge in [0.15, 0.2) is 0 Å². The van der Waals surface area contributed by atoms with Crippen molar-refractivity contribution in [2.24, 2.45) is 5.10 Å². The molecule has 0 saturated heterocycles. The lowest BCUT2D eigenvalue weighted by Crippen LogP contribution is -2.20. The first kappa shape index (κ1) is 24.3. The minimum absolute atomic E-state index is 0.0728. The maximum absolute atomic E-state index is 12.8. The summed E-state index contributed by atoms with van der Waals surface area (Å²) in [5.74, 6) is -0.489. The maximum atomic E-state index is 12.8. The van der Waals surface area contributed by atoms with E-state index in [9.17, 15) is 18.0 Å². The minimum atomic E-state index is -4.44. The number of amides is 1. The third-order valence-electron chi connectivity index (χ3n) is 5.47. The van der Waals surface area contributed by atoms with E-state index in [4.69, 9.17) is 0 Å². The van der Waals surface area contributed by atoms with Gasteiger partial charge in [-0.25, -0.2) is 5.43 Å². The molecule has 0 saturated carbocycles. The predicted octanol–water partition coefficient (Wildman–Crippen LogP) is 6.10. The van der Waals surface area contributed by atoms with E-state index in [2.05, 4.69) is 60.1 Å². The van der Waals surface area contributed by atoms with E-state index in [-0.39, 0.29) is 17.4 Å². The zero-order valence-corrected chi connectivity index (χ0v) is 19.4. The van der Waals surface area contributed by atoms with Crippen molar-refractivity contribution in [1.29, 1.82) is 0 Å². The monoisotopic (exact) mass is 455 g/mol. The van der Waals surface area contributed by atoms with Crippen LogP contribution in [0, 0.1) is 13.8 Å². The van der Waals surface area contributed by atoms with Crippen LogP contribution in [0.2, 0.25) is 0 Å². The molecule has 0 aliphatic rings. The zero-order chi connectivity index (χ0) is 24.4. The fraction of sp³-hybridized carbons (Fsp3) is 0.308. The van der Waals surface area contributed by atoms with Crippen LogP contribution < -0.4 is 5.43 Å². The number of carbonyl (C=O) groups excluding carboxylic acids is 1. The van der Waals surface area contributed by atoms with Gasteiger partial charge in [0.1, 0.15) is 0 Å². The number of nitrogens with zero attached hydrogens (tertiary/aromatic N) is 2. The van der Waals surface area contributed by atoms with Crippen LogP contribution in [0.15, 0.2) is 59.7 Å². The second-order valence-corrected chi connectivity index (χ2v) is 9.13. The standard InChI is InChI=1S/C26H28F3N3O/c1-17-13-20(18(2)32(17)23-11-9-21(10-12-23)25(3,4)5)16-30-31-24(33)15-19-7-6-8-22(14-19)26(27,28)29/h6-14,16H,15H2,1-5H3,(H,31,33)/b30-16+. The Balaban J connectivity index is 1.69. The van der Waals surface area contributed by atoms with Gasteiger partial charge in [-0.05, 0) is 54.7 Å². The molecule has 0 aliphatic heterocycles. The van der Waals surface area contributed by atoms with E-state index in [0.29, 0.717) is 0 Å². The Morgan fingerprint density at radius 2 is 1.67 bits per heavy atom. The largest absolute Gasteiger partial charge is 0.416 e. The molecule has 2 aromatic carbocycles. The molecule has 7 heteroatoms. The minimum Gasteiger partial charge on any atom is -0.318 e. The summed E-state index contributed by atoms with van der Waals surface area (Å²) in [7, 11) is 0. The number of nitrogens with one attached hydrogen (secondary N) is 1. The molecule has 0 bridgehead atoms. The van der Waals surface area contributed by atoms with Crippen molar-refractivity contribution >= 4 is 12.1 Å². The van der Waals surface area contributed by atoms with Crippen LogP contribution in [0.5, 0.6) is 0 Å². The highest BCUT2D eigenvalue weighted by atomic mass is 19.4. The topological polar surface area (TPSA) is 46.4 Å². The number of hydrogen-bond donors (Lipinski definition) is 1. The summed E-state index contributed by atoms with van der Waals surface area (Å²) in [4.78, 5) is 12.1. The van der Waals surface area contributed by atoms with Gasteiger partial charge < -0.3 is 4.57 Å². The summed E-state index contributed by atoms with van der Waals surface area (Å²) >= 11 is 0. The van der Waals surface area contributed by atoms with E-state index in [1.54, 1.807) is 6.21 Å². The Morgan fingerprint density at radius 3 is 2.27 bits per heavy atom. The molecular formula is C26H28F3N3O. The first-order valence-electron chi connectivity index (χ1n) is 10.6. The van der Waals surface area contributed by atoms with Crippen LogP contribution in [0.3, 0.4) is 0 Å². The van der Waals surface area contributed by atoms with Gasteiger partial charge in [-0.2, -0.15) is 18.3 Å². The molecule has 0 fully saturated rings. The summed E-state index contributed by atoms with van der Waals surface area (Å²) in [6.07, 6.45) is -3.09. The average molecular weight is 456 g/mol. The number of aromatic nitrogens is 1. The number of carbonyl (C=O) groups is 1. The fourth-order valence-electron chi connectivity index (χ4n) is 3.68. The second-order valence-electron chi connectivity index (χ2n) is 9.13. The van der Waals surface area contributed by atoms with Gasteiger partial charge >= 0.3 is 6.18 Å². The lowest BCUT2D eigenvalue weighted by Gasteiger charge is -2.20. The van der Waals surface area contributed by atoms with Gasteiger partial charge in [-0.3, -0.25) is 4.79 Å². The Kier molecular flexibility index (Phi) is 6.81. The van der Waals surface area contributed by atoms with Gasteiger partial charge in [-0.15, -0.1) is 0 Å². The molecule has 1 N–H and O–H groups in total. The molecule has 1 amide bonds. The highest BCUT2D eigenvalue weighted by molar-refractivity contribution is 5.84. The molecule has 33 heavy (non-hydrogen) atoms. The van der Waals surface area contributed by atoms with Crippen LogP contribution in [0.25, 0.3) is 5.69 Å². The smallest absolute Gasteiger partial charge is 0.318 e. The molecule has 0 radical (unpaired) electrons. The SMILES string of the molecule is Cc1cc(/C=N/NC(=O)Cc2cccc(C(F)(F)F)c2)c(C)n1-c1ccc(C(C)(C)C)cc1. The van der Waals surface area contributed by atoms with Gasteiger partial charge in [0, 0.05) is 22.6 Å². The molecule has 0 spiro atoms. The quantitative estimate of drug-likeness (QED) is 0.367. The molecule has 4 nitrogen and oxygen atoms in total. The van der Waals surface area contributed by atoms with Crippen LogP contribution in [-0.2, 0) is 22.8 Å². The lowest BCUT2D eigenvalue weighted by molar-refractivity contribution is -0.137. The van der Waals surface area contributed by atoms with Crippen LogP contribution in [0.4, 0.5) is 13.2 Å². The summed E-state index contributed by atoms with van der Waals surface area (Å²) in [6.45, 7) is 10.5.